The molecule has 1 fully saturated rings. The monoisotopic (exact) mass is 363 g/mol. The third-order valence-corrected chi connectivity index (χ3v) is 5.23. The van der Waals surface area contributed by atoms with Crippen molar-refractivity contribution < 1.29 is 9.52 Å². The second-order valence-corrected chi connectivity index (χ2v) is 7.07. The fourth-order valence-electron chi connectivity index (χ4n) is 3.38. The van der Waals surface area contributed by atoms with Crippen molar-refractivity contribution in [2.75, 3.05) is 33.3 Å². The van der Waals surface area contributed by atoms with Gasteiger partial charge >= 0.3 is 0 Å². The summed E-state index contributed by atoms with van der Waals surface area (Å²) in [5.74, 6) is 1.46. The number of hydrogen-bond donors (Lipinski definition) is 1. The summed E-state index contributed by atoms with van der Waals surface area (Å²) in [5, 5.41) is 9.64. The van der Waals surface area contributed by atoms with Crippen molar-refractivity contribution in [3.05, 3.63) is 41.4 Å². The quantitative estimate of drug-likeness (QED) is 0.818. The molecule has 1 aromatic carbocycles. The first-order chi connectivity index (χ1) is 12.2. The zero-order valence-corrected chi connectivity index (χ0v) is 15.5. The highest BCUT2D eigenvalue weighted by atomic mass is 35.5. The molecule has 0 saturated carbocycles. The third kappa shape index (κ3) is 4.82. The average Bonchev–Trinajstić information content (AvgIpc) is 3.09. The van der Waals surface area contributed by atoms with Crippen LogP contribution in [0.3, 0.4) is 0 Å². The van der Waals surface area contributed by atoms with Gasteiger partial charge in [0, 0.05) is 37.8 Å². The Labute approximate surface area is 154 Å². The van der Waals surface area contributed by atoms with E-state index in [9.17, 15) is 0 Å². The smallest absolute Gasteiger partial charge is 0.209 e. The Morgan fingerprint density at radius 1 is 1.32 bits per heavy atom. The standard InChI is InChI=1S/C19H26ClN3O2/c1-22(9-4-12-24)15-7-10-23(11-8-15)14-19-21-13-18(25-19)16-5-2-3-6-17(16)20/h2-3,5-6,13,15,24H,4,7-12,14H2,1H3. The Morgan fingerprint density at radius 3 is 2.80 bits per heavy atom. The van der Waals surface area contributed by atoms with Gasteiger partial charge in [0.05, 0.1) is 17.8 Å². The second kappa shape index (κ2) is 8.81. The Morgan fingerprint density at radius 2 is 2.08 bits per heavy atom. The maximum Gasteiger partial charge on any atom is 0.209 e. The van der Waals surface area contributed by atoms with Crippen molar-refractivity contribution in [1.29, 1.82) is 0 Å². The number of rotatable bonds is 7. The lowest BCUT2D eigenvalue weighted by Crippen LogP contribution is -2.43. The highest BCUT2D eigenvalue weighted by molar-refractivity contribution is 6.33. The van der Waals surface area contributed by atoms with Crippen LogP contribution in [0.5, 0.6) is 0 Å². The molecule has 0 amide bonds. The van der Waals surface area contributed by atoms with Crippen LogP contribution in [0, 0.1) is 0 Å². The van der Waals surface area contributed by atoms with Crippen molar-refractivity contribution in [3.8, 4) is 11.3 Å². The molecule has 2 heterocycles. The van der Waals surface area contributed by atoms with Crippen LogP contribution in [-0.4, -0.2) is 59.2 Å². The molecule has 5 nitrogen and oxygen atoms in total. The summed E-state index contributed by atoms with van der Waals surface area (Å²) in [7, 11) is 2.15. The molecule has 2 aromatic rings. The number of piperidine rings is 1. The largest absolute Gasteiger partial charge is 0.439 e. The van der Waals surface area contributed by atoms with Crippen molar-refractivity contribution in [1.82, 2.24) is 14.8 Å². The molecule has 3 rings (SSSR count). The summed E-state index contributed by atoms with van der Waals surface area (Å²) in [5.41, 5.74) is 0.882. The molecule has 1 aliphatic rings. The predicted molar refractivity (Wildman–Crippen MR) is 99.6 cm³/mol. The molecule has 136 valence electrons. The van der Waals surface area contributed by atoms with Gasteiger partial charge in [-0.25, -0.2) is 4.98 Å². The number of likely N-dealkylation sites (tertiary alicyclic amines) is 1. The van der Waals surface area contributed by atoms with E-state index >= 15 is 0 Å². The minimum Gasteiger partial charge on any atom is -0.439 e. The summed E-state index contributed by atoms with van der Waals surface area (Å²) < 4.78 is 5.91. The summed E-state index contributed by atoms with van der Waals surface area (Å²) in [4.78, 5) is 9.17. The van der Waals surface area contributed by atoms with Crippen molar-refractivity contribution in [3.63, 3.8) is 0 Å². The zero-order chi connectivity index (χ0) is 17.6. The van der Waals surface area contributed by atoms with E-state index in [0.29, 0.717) is 11.1 Å². The van der Waals surface area contributed by atoms with Gasteiger partial charge in [0.25, 0.3) is 0 Å². The van der Waals surface area contributed by atoms with Crippen LogP contribution < -0.4 is 0 Å². The van der Waals surface area contributed by atoms with Crippen LogP contribution in [-0.2, 0) is 6.54 Å². The number of nitrogens with zero attached hydrogens (tertiary/aromatic N) is 3. The molecule has 1 saturated heterocycles. The molecular formula is C19H26ClN3O2. The Hall–Kier alpha value is -1.40. The maximum absolute atomic E-state index is 8.96. The van der Waals surface area contributed by atoms with Crippen LogP contribution in [0.4, 0.5) is 0 Å². The van der Waals surface area contributed by atoms with Gasteiger partial charge in [-0.15, -0.1) is 0 Å². The zero-order valence-electron chi connectivity index (χ0n) is 14.7. The van der Waals surface area contributed by atoms with Gasteiger partial charge in [-0.05, 0) is 38.4 Å². The van der Waals surface area contributed by atoms with Gasteiger partial charge in [-0.3, -0.25) is 4.90 Å². The van der Waals surface area contributed by atoms with Crippen LogP contribution in [0.1, 0.15) is 25.2 Å². The fourth-order valence-corrected chi connectivity index (χ4v) is 3.61. The second-order valence-electron chi connectivity index (χ2n) is 6.66. The number of aliphatic hydroxyl groups excluding tert-OH is 1. The van der Waals surface area contributed by atoms with Crippen LogP contribution in [0.2, 0.25) is 5.02 Å². The third-order valence-electron chi connectivity index (χ3n) is 4.90. The maximum atomic E-state index is 8.96. The van der Waals surface area contributed by atoms with Gasteiger partial charge in [0.2, 0.25) is 5.89 Å². The van der Waals surface area contributed by atoms with Gasteiger partial charge in [0.15, 0.2) is 5.76 Å². The van der Waals surface area contributed by atoms with Gasteiger partial charge in [-0.2, -0.15) is 0 Å². The van der Waals surface area contributed by atoms with Crippen LogP contribution in [0.25, 0.3) is 11.3 Å². The van der Waals surface area contributed by atoms with Crippen molar-refractivity contribution >= 4 is 11.6 Å². The first-order valence-electron chi connectivity index (χ1n) is 8.90. The van der Waals surface area contributed by atoms with E-state index in [1.807, 2.05) is 24.3 Å². The number of oxazole rings is 1. The van der Waals surface area contributed by atoms with Crippen LogP contribution >= 0.6 is 11.6 Å². The molecule has 1 aromatic heterocycles. The van der Waals surface area contributed by atoms with E-state index in [2.05, 4.69) is 21.8 Å². The molecular weight excluding hydrogens is 338 g/mol. The molecule has 25 heavy (non-hydrogen) atoms. The molecule has 0 radical (unpaired) electrons. The van der Waals surface area contributed by atoms with E-state index in [-0.39, 0.29) is 6.61 Å². The van der Waals surface area contributed by atoms with E-state index in [1.165, 1.54) is 0 Å². The molecule has 6 heteroatoms. The molecule has 1 aliphatic heterocycles. The Balaban J connectivity index is 1.52. The Bertz CT molecular complexity index is 668. The SMILES string of the molecule is CN(CCCO)C1CCN(Cc2ncc(-c3ccccc3Cl)o2)CC1. The van der Waals surface area contributed by atoms with E-state index in [4.69, 9.17) is 21.1 Å². The molecule has 0 bridgehead atoms. The fraction of sp³-hybridized carbons (Fsp3) is 0.526. The van der Waals surface area contributed by atoms with E-state index in [1.54, 1.807) is 6.20 Å². The summed E-state index contributed by atoms with van der Waals surface area (Å²) >= 11 is 6.22. The lowest BCUT2D eigenvalue weighted by Gasteiger charge is -2.36. The number of aliphatic hydroxyl groups is 1. The normalized spacial score (nSPS) is 16.6. The van der Waals surface area contributed by atoms with Gasteiger partial charge in [-0.1, -0.05) is 23.7 Å². The van der Waals surface area contributed by atoms with Crippen molar-refractivity contribution in [2.24, 2.45) is 0 Å². The predicted octanol–water partition coefficient (Wildman–Crippen LogP) is 3.27. The van der Waals surface area contributed by atoms with Gasteiger partial charge < -0.3 is 14.4 Å². The first-order valence-corrected chi connectivity index (χ1v) is 9.28. The number of halogens is 1. The Kier molecular flexibility index (Phi) is 6.48. The highest BCUT2D eigenvalue weighted by Crippen LogP contribution is 2.28. The average molecular weight is 364 g/mol. The lowest BCUT2D eigenvalue weighted by atomic mass is 10.0. The first kappa shape index (κ1) is 18.4. The minimum atomic E-state index is 0.265. The topological polar surface area (TPSA) is 52.7 Å². The van der Waals surface area contributed by atoms with Crippen molar-refractivity contribution in [2.45, 2.75) is 31.8 Å². The number of hydrogen-bond acceptors (Lipinski definition) is 5. The molecule has 1 N–H and O–H groups in total. The summed E-state index contributed by atoms with van der Waals surface area (Å²) in [6.07, 6.45) is 4.88. The van der Waals surface area contributed by atoms with E-state index < -0.39 is 0 Å². The minimum absolute atomic E-state index is 0.265. The molecule has 0 aliphatic carbocycles. The van der Waals surface area contributed by atoms with E-state index in [0.717, 1.165) is 62.7 Å². The molecule has 0 unspecified atom stereocenters. The molecule has 0 spiro atoms. The number of benzene rings is 1. The van der Waals surface area contributed by atoms with Gasteiger partial charge in [0.1, 0.15) is 0 Å². The molecule has 0 atom stereocenters. The summed E-state index contributed by atoms with van der Waals surface area (Å²) in [6.45, 7) is 4.04. The lowest BCUT2D eigenvalue weighted by molar-refractivity contribution is 0.112. The number of aromatic nitrogens is 1. The van der Waals surface area contributed by atoms with Crippen LogP contribution in [0.15, 0.2) is 34.9 Å². The summed E-state index contributed by atoms with van der Waals surface area (Å²) in [6, 6.07) is 8.26. The highest BCUT2D eigenvalue weighted by Gasteiger charge is 2.23.